The van der Waals surface area contributed by atoms with E-state index in [0.717, 1.165) is 5.56 Å². The van der Waals surface area contributed by atoms with Crippen LogP contribution in [0, 0.1) is 12.7 Å². The topological polar surface area (TPSA) is 59.3 Å². The van der Waals surface area contributed by atoms with Crippen LogP contribution in [0.4, 0.5) is 4.39 Å². The van der Waals surface area contributed by atoms with Crippen molar-refractivity contribution >= 4 is 16.7 Å². The van der Waals surface area contributed by atoms with Crippen LogP contribution in [0.2, 0.25) is 0 Å². The minimum absolute atomic E-state index is 0.0662. The van der Waals surface area contributed by atoms with Crippen LogP contribution >= 0.6 is 0 Å². The lowest BCUT2D eigenvalue weighted by atomic mass is 10.2. The third kappa shape index (κ3) is 4.46. The van der Waals surface area contributed by atoms with E-state index in [1.165, 1.54) is 12.1 Å². The van der Waals surface area contributed by atoms with Crippen molar-refractivity contribution in [2.24, 2.45) is 0 Å². The van der Waals surface area contributed by atoms with Crippen molar-refractivity contribution < 1.29 is 17.8 Å². The van der Waals surface area contributed by atoms with Crippen molar-refractivity contribution in [3.63, 3.8) is 0 Å². The molecule has 4 nitrogen and oxygen atoms in total. The number of rotatable bonds is 6. The van der Waals surface area contributed by atoms with Crippen LogP contribution in [-0.2, 0) is 23.1 Å². The van der Waals surface area contributed by atoms with E-state index in [1.807, 2.05) is 25.1 Å². The molecule has 0 aliphatic rings. The van der Waals surface area contributed by atoms with E-state index in [4.69, 9.17) is 4.42 Å². The second-order valence-corrected chi connectivity index (χ2v) is 7.30. The van der Waals surface area contributed by atoms with Crippen LogP contribution in [0.1, 0.15) is 27.4 Å². The number of nitrogens with one attached hydrogen (secondary N) is 1. The van der Waals surface area contributed by atoms with Crippen LogP contribution in [0.3, 0.4) is 0 Å². The molecule has 0 radical (unpaired) electrons. The Morgan fingerprint density at radius 3 is 2.69 bits per heavy atom. The van der Waals surface area contributed by atoms with Crippen molar-refractivity contribution in [1.29, 1.82) is 0 Å². The lowest BCUT2D eigenvalue weighted by Gasteiger charge is -2.04. The van der Waals surface area contributed by atoms with Gasteiger partial charge in [0.15, 0.2) is 5.76 Å². The Morgan fingerprint density at radius 1 is 1.12 bits per heavy atom. The zero-order chi connectivity index (χ0) is 18.5. The molecule has 1 aromatic heterocycles. The first-order valence-electron chi connectivity index (χ1n) is 8.08. The van der Waals surface area contributed by atoms with Gasteiger partial charge >= 0.3 is 0 Å². The van der Waals surface area contributed by atoms with Gasteiger partial charge in [0.2, 0.25) is 0 Å². The highest BCUT2D eigenvalue weighted by Gasteiger charge is 2.14. The first kappa shape index (κ1) is 18.1. The predicted octanol–water partition coefficient (Wildman–Crippen LogP) is 3.96. The minimum Gasteiger partial charge on any atom is -0.455 e. The van der Waals surface area contributed by atoms with Crippen molar-refractivity contribution in [3.8, 4) is 0 Å². The highest BCUT2D eigenvalue weighted by atomic mass is 32.2. The van der Waals surface area contributed by atoms with Crippen LogP contribution in [0.15, 0.2) is 70.0 Å². The van der Waals surface area contributed by atoms with E-state index < -0.39 is 16.7 Å². The monoisotopic (exact) mass is 371 g/mol. The zero-order valence-electron chi connectivity index (χ0n) is 14.2. The average Bonchev–Trinajstić information content (AvgIpc) is 3.09. The van der Waals surface area contributed by atoms with Gasteiger partial charge in [-0.05, 0) is 42.8 Å². The second kappa shape index (κ2) is 8.10. The Morgan fingerprint density at radius 2 is 1.92 bits per heavy atom. The number of aryl methyl sites for hydroxylation is 1. The Balaban J connectivity index is 1.61. The summed E-state index contributed by atoms with van der Waals surface area (Å²) in [6.07, 6.45) is 0. The Labute approximate surface area is 153 Å². The highest BCUT2D eigenvalue weighted by Crippen LogP contribution is 2.16. The van der Waals surface area contributed by atoms with Crippen molar-refractivity contribution in [3.05, 3.63) is 89.1 Å². The summed E-state index contributed by atoms with van der Waals surface area (Å²) >= 11 is 0. The van der Waals surface area contributed by atoms with Gasteiger partial charge in [-0.25, -0.2) is 4.39 Å². The molecule has 1 amide bonds. The molecule has 0 saturated heterocycles. The van der Waals surface area contributed by atoms with Crippen LogP contribution in [-0.4, -0.2) is 10.1 Å². The maximum absolute atomic E-state index is 13.6. The summed E-state index contributed by atoms with van der Waals surface area (Å²) in [5.74, 6) is -0.0647. The Kier molecular flexibility index (Phi) is 5.63. The Hall–Kier alpha value is -2.73. The van der Waals surface area contributed by atoms with Crippen LogP contribution < -0.4 is 5.32 Å². The molecule has 1 heterocycles. The van der Waals surface area contributed by atoms with Crippen molar-refractivity contribution in [2.75, 3.05) is 0 Å². The summed E-state index contributed by atoms with van der Waals surface area (Å²) in [6.45, 7) is 2.00. The molecule has 0 aliphatic carbocycles. The molecule has 0 unspecified atom stereocenters. The molecule has 134 valence electrons. The molecule has 6 heteroatoms. The Bertz CT molecular complexity index is 951. The molecule has 3 rings (SSSR count). The standard InChI is InChI=1S/C20H18FNO3S/c1-14-5-4-7-17(11-14)26(24)13-16-9-10-19(25-16)20(23)22-12-15-6-2-3-8-18(15)21/h2-11H,12-13H2,1H3,(H,22,23)/t26-/m1/s1. The lowest BCUT2D eigenvalue weighted by Crippen LogP contribution is -2.22. The van der Waals surface area contributed by atoms with Crippen LogP contribution in [0.5, 0.6) is 0 Å². The first-order chi connectivity index (χ1) is 12.5. The number of carbonyl (C=O) groups excluding carboxylic acids is 1. The maximum Gasteiger partial charge on any atom is 0.287 e. The normalized spacial score (nSPS) is 11.9. The maximum atomic E-state index is 13.6. The van der Waals surface area contributed by atoms with Gasteiger partial charge in [-0.1, -0.05) is 30.3 Å². The van der Waals surface area contributed by atoms with E-state index in [1.54, 1.807) is 30.3 Å². The molecular weight excluding hydrogens is 353 g/mol. The summed E-state index contributed by atoms with van der Waals surface area (Å²) < 4.78 is 31.5. The summed E-state index contributed by atoms with van der Waals surface area (Å²) in [4.78, 5) is 12.9. The quantitative estimate of drug-likeness (QED) is 0.713. The molecule has 0 aliphatic heterocycles. The van der Waals surface area contributed by atoms with E-state index in [0.29, 0.717) is 16.2 Å². The van der Waals surface area contributed by atoms with E-state index in [9.17, 15) is 13.4 Å². The second-order valence-electron chi connectivity index (χ2n) is 5.85. The van der Waals surface area contributed by atoms with E-state index in [-0.39, 0.29) is 23.9 Å². The number of benzene rings is 2. The largest absolute Gasteiger partial charge is 0.455 e. The number of hydrogen-bond acceptors (Lipinski definition) is 3. The fraction of sp³-hybridized carbons (Fsp3) is 0.150. The lowest BCUT2D eigenvalue weighted by molar-refractivity contribution is 0.0921. The summed E-state index contributed by atoms with van der Waals surface area (Å²) in [5, 5.41) is 2.61. The SMILES string of the molecule is Cc1cccc([S@](=O)Cc2ccc(C(=O)NCc3ccccc3F)o2)c1. The molecule has 0 saturated carbocycles. The predicted molar refractivity (Wildman–Crippen MR) is 97.6 cm³/mol. The molecular formula is C20H18FNO3S. The molecule has 26 heavy (non-hydrogen) atoms. The molecule has 2 aromatic carbocycles. The van der Waals surface area contributed by atoms with Gasteiger partial charge in [0.05, 0.1) is 16.6 Å². The fourth-order valence-corrected chi connectivity index (χ4v) is 3.58. The van der Waals surface area contributed by atoms with Gasteiger partial charge in [0.1, 0.15) is 11.6 Å². The number of furan rings is 1. The zero-order valence-corrected chi connectivity index (χ0v) is 15.0. The number of hydrogen-bond donors (Lipinski definition) is 1. The van der Waals surface area contributed by atoms with E-state index >= 15 is 0 Å². The van der Waals surface area contributed by atoms with Gasteiger partial charge < -0.3 is 9.73 Å². The van der Waals surface area contributed by atoms with Crippen LogP contribution in [0.25, 0.3) is 0 Å². The molecule has 3 aromatic rings. The van der Waals surface area contributed by atoms with Gasteiger partial charge in [-0.3, -0.25) is 9.00 Å². The fourth-order valence-electron chi connectivity index (χ4n) is 2.45. The van der Waals surface area contributed by atoms with Crippen molar-refractivity contribution in [1.82, 2.24) is 5.32 Å². The first-order valence-corrected chi connectivity index (χ1v) is 9.40. The molecule has 1 N–H and O–H groups in total. The van der Waals surface area contributed by atoms with Gasteiger partial charge in [-0.15, -0.1) is 0 Å². The summed E-state index contributed by atoms with van der Waals surface area (Å²) in [6, 6.07) is 16.9. The number of halogens is 1. The summed E-state index contributed by atoms with van der Waals surface area (Å²) in [5.41, 5.74) is 1.43. The third-order valence-electron chi connectivity index (χ3n) is 3.81. The minimum atomic E-state index is -1.26. The van der Waals surface area contributed by atoms with Gasteiger partial charge in [-0.2, -0.15) is 0 Å². The number of carbonyl (C=O) groups is 1. The van der Waals surface area contributed by atoms with Gasteiger partial charge in [0.25, 0.3) is 5.91 Å². The molecule has 1 atom stereocenters. The number of amides is 1. The molecule has 0 spiro atoms. The van der Waals surface area contributed by atoms with Gasteiger partial charge in [0, 0.05) is 17.0 Å². The van der Waals surface area contributed by atoms with E-state index in [2.05, 4.69) is 5.32 Å². The third-order valence-corrected chi connectivity index (χ3v) is 5.13. The smallest absolute Gasteiger partial charge is 0.287 e. The average molecular weight is 371 g/mol. The summed E-state index contributed by atoms with van der Waals surface area (Å²) in [7, 11) is -1.26. The highest BCUT2D eigenvalue weighted by molar-refractivity contribution is 7.84. The molecule has 0 bridgehead atoms. The molecule has 0 fully saturated rings. The van der Waals surface area contributed by atoms with Crippen molar-refractivity contribution in [2.45, 2.75) is 24.1 Å².